The molecule has 10 nitrogen and oxygen atoms in total. The lowest BCUT2D eigenvalue weighted by molar-refractivity contribution is -0.133. The summed E-state index contributed by atoms with van der Waals surface area (Å²) in [6.07, 6.45) is -1.10. The van der Waals surface area contributed by atoms with Crippen LogP contribution in [0.25, 0.3) is 22.2 Å². The molecule has 1 saturated heterocycles. The Kier molecular flexibility index (Phi) is 8.11. The maximum Gasteiger partial charge on any atom is 0.419 e. The Balaban J connectivity index is 1.40. The summed E-state index contributed by atoms with van der Waals surface area (Å²) in [4.78, 5) is 39.0. The number of ether oxygens (including phenoxy) is 2. The zero-order valence-electron chi connectivity index (χ0n) is 22.9. The van der Waals surface area contributed by atoms with Crippen molar-refractivity contribution in [2.75, 3.05) is 19.7 Å². The van der Waals surface area contributed by atoms with Gasteiger partial charge in [0.15, 0.2) is 11.7 Å². The van der Waals surface area contributed by atoms with E-state index in [2.05, 4.69) is 11.4 Å². The number of carbonyl (C=O) groups is 2. The SMILES string of the molecule is CC1CO[C@H](C(=O)N[C@H](C#N)Cc2ccc(-c3ccc4oc(=O)n(C)c4c3)cc2)CN(C(=O)OC(C)(C)C)C1. The number of hydrogen-bond donors (Lipinski definition) is 1. The first kappa shape index (κ1) is 27.9. The largest absolute Gasteiger partial charge is 0.444 e. The predicted octanol–water partition coefficient (Wildman–Crippen LogP) is 3.62. The second kappa shape index (κ2) is 11.3. The lowest BCUT2D eigenvalue weighted by Crippen LogP contribution is -2.48. The summed E-state index contributed by atoms with van der Waals surface area (Å²) >= 11 is 0. The minimum absolute atomic E-state index is 0.0275. The Labute approximate surface area is 227 Å². The average Bonchev–Trinajstić information content (AvgIpc) is 3.03. The maximum absolute atomic E-state index is 13.0. The van der Waals surface area contributed by atoms with Crippen molar-refractivity contribution >= 4 is 23.1 Å². The molecule has 1 N–H and O–H groups in total. The molecule has 1 fully saturated rings. The summed E-state index contributed by atoms with van der Waals surface area (Å²) in [5.74, 6) is -0.831. The fourth-order valence-corrected chi connectivity index (χ4v) is 4.44. The van der Waals surface area contributed by atoms with Crippen LogP contribution in [-0.2, 0) is 27.7 Å². The van der Waals surface area contributed by atoms with Gasteiger partial charge >= 0.3 is 11.8 Å². The number of benzene rings is 2. The van der Waals surface area contributed by atoms with Crippen LogP contribution in [0.4, 0.5) is 4.79 Å². The van der Waals surface area contributed by atoms with Crippen LogP contribution in [0.15, 0.2) is 51.7 Å². The van der Waals surface area contributed by atoms with Crippen LogP contribution >= 0.6 is 0 Å². The van der Waals surface area contributed by atoms with Crippen molar-refractivity contribution < 1.29 is 23.5 Å². The highest BCUT2D eigenvalue weighted by molar-refractivity contribution is 5.83. The summed E-state index contributed by atoms with van der Waals surface area (Å²) < 4.78 is 17.9. The maximum atomic E-state index is 13.0. The van der Waals surface area contributed by atoms with E-state index in [-0.39, 0.29) is 12.5 Å². The van der Waals surface area contributed by atoms with Gasteiger partial charge in [0.25, 0.3) is 5.91 Å². The Bertz CT molecular complexity index is 1440. The molecular weight excluding hydrogens is 500 g/mol. The second-order valence-corrected chi connectivity index (χ2v) is 11.0. The quantitative estimate of drug-likeness (QED) is 0.530. The number of rotatable bonds is 5. The van der Waals surface area contributed by atoms with E-state index in [0.29, 0.717) is 30.7 Å². The van der Waals surface area contributed by atoms with Gasteiger partial charge in [-0.15, -0.1) is 0 Å². The van der Waals surface area contributed by atoms with Gasteiger partial charge in [-0.25, -0.2) is 9.59 Å². The van der Waals surface area contributed by atoms with Crippen LogP contribution in [0, 0.1) is 17.2 Å². The van der Waals surface area contributed by atoms with Crippen molar-refractivity contribution in [3.63, 3.8) is 0 Å². The molecule has 2 amide bonds. The van der Waals surface area contributed by atoms with Crippen LogP contribution in [0.2, 0.25) is 0 Å². The fourth-order valence-electron chi connectivity index (χ4n) is 4.44. The lowest BCUT2D eigenvalue weighted by atomic mass is 10.0. The number of fused-ring (bicyclic) bond motifs is 1. The summed E-state index contributed by atoms with van der Waals surface area (Å²) in [7, 11) is 1.66. The Morgan fingerprint density at radius 3 is 2.51 bits per heavy atom. The molecule has 0 spiro atoms. The molecule has 2 heterocycles. The number of nitrogens with one attached hydrogen (secondary N) is 1. The van der Waals surface area contributed by atoms with Crippen LogP contribution in [0.5, 0.6) is 0 Å². The Morgan fingerprint density at radius 1 is 1.15 bits per heavy atom. The van der Waals surface area contributed by atoms with E-state index in [1.807, 2.05) is 43.3 Å². The van der Waals surface area contributed by atoms with Gasteiger partial charge in [-0.3, -0.25) is 9.36 Å². The van der Waals surface area contributed by atoms with Gasteiger partial charge in [0.05, 0.1) is 24.7 Å². The van der Waals surface area contributed by atoms with Gasteiger partial charge in [0.1, 0.15) is 11.6 Å². The molecule has 1 aromatic heterocycles. The van der Waals surface area contributed by atoms with Gasteiger partial charge in [-0.05, 0) is 55.5 Å². The summed E-state index contributed by atoms with van der Waals surface area (Å²) in [6.45, 7) is 8.08. The zero-order valence-corrected chi connectivity index (χ0v) is 22.9. The number of aryl methyl sites for hydroxylation is 1. The molecule has 1 aliphatic heterocycles. The third kappa shape index (κ3) is 6.86. The number of aromatic nitrogens is 1. The molecule has 3 atom stereocenters. The zero-order chi connectivity index (χ0) is 28.3. The molecule has 0 saturated carbocycles. The van der Waals surface area contributed by atoms with Gasteiger partial charge in [-0.1, -0.05) is 37.3 Å². The number of carbonyl (C=O) groups excluding carboxylic acids is 2. The monoisotopic (exact) mass is 534 g/mol. The van der Waals surface area contributed by atoms with E-state index in [4.69, 9.17) is 13.9 Å². The standard InChI is InChI=1S/C29H34N4O6/c1-18-15-33(28(36)39-29(2,3)4)16-25(37-17-18)26(34)31-22(14-30)12-19-6-8-20(9-7-19)21-10-11-24-23(13-21)32(5)27(35)38-24/h6-11,13,18,22,25H,12,15-17H2,1-5H3,(H,31,34)/t18?,22-,25-/m0/s1. The van der Waals surface area contributed by atoms with Gasteiger partial charge in [0.2, 0.25) is 0 Å². The highest BCUT2D eigenvalue weighted by atomic mass is 16.6. The van der Waals surface area contributed by atoms with E-state index in [9.17, 15) is 19.6 Å². The van der Waals surface area contributed by atoms with E-state index in [0.717, 1.165) is 16.7 Å². The van der Waals surface area contributed by atoms with Crippen LogP contribution in [0.1, 0.15) is 33.3 Å². The molecule has 0 radical (unpaired) electrons. The summed E-state index contributed by atoms with van der Waals surface area (Å²) in [6, 6.07) is 14.6. The number of hydrogen-bond acceptors (Lipinski definition) is 7. The van der Waals surface area contributed by atoms with Crippen molar-refractivity contribution in [3.8, 4) is 17.2 Å². The van der Waals surface area contributed by atoms with E-state index < -0.39 is 35.5 Å². The van der Waals surface area contributed by atoms with Crippen molar-refractivity contribution in [2.24, 2.45) is 13.0 Å². The van der Waals surface area contributed by atoms with E-state index in [1.165, 1.54) is 9.47 Å². The topological polar surface area (TPSA) is 127 Å². The first-order chi connectivity index (χ1) is 18.4. The first-order valence-corrected chi connectivity index (χ1v) is 12.9. The lowest BCUT2D eigenvalue weighted by Gasteiger charge is -2.28. The predicted molar refractivity (Wildman–Crippen MR) is 145 cm³/mol. The summed E-state index contributed by atoms with van der Waals surface area (Å²) in [5, 5.41) is 12.5. The minimum atomic E-state index is -0.908. The van der Waals surface area contributed by atoms with Crippen molar-refractivity contribution in [1.82, 2.24) is 14.8 Å². The molecule has 10 heteroatoms. The number of oxazole rings is 1. The molecule has 0 aliphatic carbocycles. The Hall–Kier alpha value is -4.10. The smallest absolute Gasteiger partial charge is 0.419 e. The number of nitriles is 1. The van der Waals surface area contributed by atoms with Crippen LogP contribution in [0.3, 0.4) is 0 Å². The molecule has 4 rings (SSSR count). The van der Waals surface area contributed by atoms with Crippen LogP contribution in [-0.4, -0.2) is 58.9 Å². The molecule has 0 bridgehead atoms. The molecule has 206 valence electrons. The fraction of sp³-hybridized carbons (Fsp3) is 0.448. The minimum Gasteiger partial charge on any atom is -0.444 e. The van der Waals surface area contributed by atoms with Crippen molar-refractivity contribution in [2.45, 2.75) is 51.9 Å². The average molecular weight is 535 g/mol. The number of amides is 2. The number of nitrogens with zero attached hydrogens (tertiary/aromatic N) is 3. The Morgan fingerprint density at radius 2 is 1.85 bits per heavy atom. The van der Waals surface area contributed by atoms with Gasteiger partial charge < -0.3 is 24.1 Å². The highest BCUT2D eigenvalue weighted by Gasteiger charge is 2.33. The van der Waals surface area contributed by atoms with Gasteiger partial charge in [-0.2, -0.15) is 5.26 Å². The molecule has 1 aliphatic rings. The van der Waals surface area contributed by atoms with Gasteiger partial charge in [0, 0.05) is 20.0 Å². The third-order valence-corrected chi connectivity index (χ3v) is 6.44. The molecule has 2 aromatic carbocycles. The second-order valence-electron chi connectivity index (χ2n) is 11.0. The van der Waals surface area contributed by atoms with Crippen molar-refractivity contribution in [3.05, 3.63) is 58.6 Å². The molecule has 3 aromatic rings. The van der Waals surface area contributed by atoms with E-state index >= 15 is 0 Å². The van der Waals surface area contributed by atoms with Crippen molar-refractivity contribution in [1.29, 1.82) is 5.26 Å². The molecular formula is C29H34N4O6. The molecule has 39 heavy (non-hydrogen) atoms. The normalized spacial score (nSPS) is 18.7. The van der Waals surface area contributed by atoms with Crippen LogP contribution < -0.4 is 11.1 Å². The first-order valence-electron chi connectivity index (χ1n) is 12.9. The molecule has 1 unspecified atom stereocenters. The third-order valence-electron chi connectivity index (χ3n) is 6.44. The summed E-state index contributed by atoms with van der Waals surface area (Å²) in [5.41, 5.74) is 3.30. The van der Waals surface area contributed by atoms with E-state index in [1.54, 1.807) is 33.9 Å². The highest BCUT2D eigenvalue weighted by Crippen LogP contribution is 2.24.